The summed E-state index contributed by atoms with van der Waals surface area (Å²) in [5.74, 6) is 1.94. The predicted molar refractivity (Wildman–Crippen MR) is 86.1 cm³/mol. The molecule has 0 aliphatic heterocycles. The number of aryl methyl sites for hydroxylation is 1. The first-order chi connectivity index (χ1) is 9.81. The minimum absolute atomic E-state index is 0.957. The molecule has 0 fully saturated rings. The maximum atomic E-state index is 6.06. The Morgan fingerprint density at radius 3 is 1.90 bits per heavy atom. The van der Waals surface area contributed by atoms with Crippen molar-refractivity contribution in [1.82, 2.24) is 0 Å². The van der Waals surface area contributed by atoms with E-state index in [2.05, 4.69) is 42.7 Å². The highest BCUT2D eigenvalue weighted by Crippen LogP contribution is 2.42. The fourth-order valence-corrected chi connectivity index (χ4v) is 3.18. The molecule has 1 nitrogen and oxygen atoms in total. The molecule has 3 rings (SSSR count). The molecular formula is C18H16OS. The van der Waals surface area contributed by atoms with Gasteiger partial charge in [0.2, 0.25) is 0 Å². The molecule has 0 aliphatic carbocycles. The molecule has 2 aromatic carbocycles. The zero-order valence-corrected chi connectivity index (χ0v) is 12.4. The number of hydrogen-bond acceptors (Lipinski definition) is 2. The summed E-state index contributed by atoms with van der Waals surface area (Å²) in [5.41, 5.74) is 3.52. The maximum Gasteiger partial charge on any atom is 0.143 e. The zero-order valence-electron chi connectivity index (χ0n) is 11.6. The Hall–Kier alpha value is -1.93. The Balaban J connectivity index is 2.26. The van der Waals surface area contributed by atoms with Crippen LogP contribution in [0.2, 0.25) is 0 Å². The van der Waals surface area contributed by atoms with Crippen LogP contribution in [0, 0.1) is 6.92 Å². The Bertz CT molecular complexity index is 699. The fraction of sp³-hybridized carbons (Fsp3) is 0.111. The van der Waals surface area contributed by atoms with Gasteiger partial charge >= 0.3 is 0 Å². The van der Waals surface area contributed by atoms with Crippen LogP contribution in [0.3, 0.4) is 0 Å². The van der Waals surface area contributed by atoms with E-state index < -0.39 is 0 Å². The third-order valence-corrected chi connectivity index (χ3v) is 4.23. The lowest BCUT2D eigenvalue weighted by Crippen LogP contribution is -1.82. The fourth-order valence-electron chi connectivity index (χ4n) is 2.44. The molecule has 0 saturated carbocycles. The van der Waals surface area contributed by atoms with Gasteiger partial charge in [-0.2, -0.15) is 0 Å². The molecule has 0 saturated heterocycles. The van der Waals surface area contributed by atoms with Gasteiger partial charge < -0.3 is 4.42 Å². The first-order valence-electron chi connectivity index (χ1n) is 6.59. The van der Waals surface area contributed by atoms with E-state index in [9.17, 15) is 0 Å². The highest BCUT2D eigenvalue weighted by Gasteiger charge is 2.19. The molecule has 0 spiro atoms. The maximum absolute atomic E-state index is 6.06. The van der Waals surface area contributed by atoms with Crippen molar-refractivity contribution >= 4 is 11.8 Å². The molecular weight excluding hydrogens is 264 g/mol. The number of furan rings is 1. The summed E-state index contributed by atoms with van der Waals surface area (Å²) in [5, 5.41) is 0. The standard InChI is InChI=1S/C18H16OS/c1-13-18(20-2)16(14-9-5-3-6-10-14)17(19-13)15-11-7-4-8-12-15/h3-12H,1-2H3. The molecule has 0 amide bonds. The van der Waals surface area contributed by atoms with E-state index in [4.69, 9.17) is 4.42 Å². The van der Waals surface area contributed by atoms with Crippen molar-refractivity contribution in [1.29, 1.82) is 0 Å². The van der Waals surface area contributed by atoms with Gasteiger partial charge in [0.05, 0.1) is 4.90 Å². The molecule has 0 radical (unpaired) electrons. The Labute approximate surface area is 123 Å². The van der Waals surface area contributed by atoms with Gasteiger partial charge in [0.15, 0.2) is 0 Å². The lowest BCUT2D eigenvalue weighted by atomic mass is 10.0. The average molecular weight is 280 g/mol. The van der Waals surface area contributed by atoms with Crippen molar-refractivity contribution < 1.29 is 4.42 Å². The largest absolute Gasteiger partial charge is 0.460 e. The molecule has 100 valence electrons. The van der Waals surface area contributed by atoms with E-state index >= 15 is 0 Å². The molecule has 0 unspecified atom stereocenters. The topological polar surface area (TPSA) is 13.1 Å². The molecule has 0 atom stereocenters. The summed E-state index contributed by atoms with van der Waals surface area (Å²) < 4.78 is 6.06. The van der Waals surface area contributed by atoms with E-state index in [0.717, 1.165) is 17.1 Å². The van der Waals surface area contributed by atoms with Crippen LogP contribution >= 0.6 is 11.8 Å². The molecule has 1 aromatic heterocycles. The minimum Gasteiger partial charge on any atom is -0.460 e. The van der Waals surface area contributed by atoms with E-state index in [-0.39, 0.29) is 0 Å². The zero-order chi connectivity index (χ0) is 13.9. The SMILES string of the molecule is CSc1c(C)oc(-c2ccccc2)c1-c1ccccc1. The van der Waals surface area contributed by atoms with Crippen LogP contribution in [0.25, 0.3) is 22.5 Å². The third kappa shape index (κ3) is 2.27. The minimum atomic E-state index is 0.957. The molecule has 0 aliphatic rings. The Morgan fingerprint density at radius 2 is 1.35 bits per heavy atom. The molecule has 3 aromatic rings. The normalized spacial score (nSPS) is 10.7. The number of benzene rings is 2. The quantitative estimate of drug-likeness (QED) is 0.576. The summed E-state index contributed by atoms with van der Waals surface area (Å²) >= 11 is 1.74. The van der Waals surface area contributed by atoms with E-state index in [0.29, 0.717) is 0 Å². The lowest BCUT2D eigenvalue weighted by Gasteiger charge is -2.05. The molecule has 2 heteroatoms. The van der Waals surface area contributed by atoms with Gasteiger partial charge in [0, 0.05) is 11.1 Å². The number of hydrogen-bond donors (Lipinski definition) is 0. The van der Waals surface area contributed by atoms with Gasteiger partial charge in [-0.25, -0.2) is 0 Å². The molecule has 1 heterocycles. The van der Waals surface area contributed by atoms with Crippen LogP contribution in [0.15, 0.2) is 70.0 Å². The Morgan fingerprint density at radius 1 is 0.800 bits per heavy atom. The van der Waals surface area contributed by atoms with E-state index in [1.807, 2.05) is 31.2 Å². The van der Waals surface area contributed by atoms with Gasteiger partial charge in [0.1, 0.15) is 11.5 Å². The van der Waals surface area contributed by atoms with Gasteiger partial charge in [0.25, 0.3) is 0 Å². The predicted octanol–water partition coefficient (Wildman–Crippen LogP) is 5.64. The second kappa shape index (κ2) is 5.59. The summed E-state index contributed by atoms with van der Waals surface area (Å²) in [6, 6.07) is 20.7. The van der Waals surface area contributed by atoms with Crippen LogP contribution in [0.4, 0.5) is 0 Å². The summed E-state index contributed by atoms with van der Waals surface area (Å²) in [7, 11) is 0. The van der Waals surface area contributed by atoms with Crippen molar-refractivity contribution in [3.05, 3.63) is 66.4 Å². The second-order valence-electron chi connectivity index (χ2n) is 4.63. The second-order valence-corrected chi connectivity index (χ2v) is 5.44. The Kier molecular flexibility index (Phi) is 3.66. The van der Waals surface area contributed by atoms with Crippen LogP contribution in [0.1, 0.15) is 5.76 Å². The molecule has 20 heavy (non-hydrogen) atoms. The van der Waals surface area contributed by atoms with E-state index in [1.165, 1.54) is 16.0 Å². The van der Waals surface area contributed by atoms with Crippen LogP contribution < -0.4 is 0 Å². The average Bonchev–Trinajstić information content (AvgIpc) is 2.85. The first-order valence-corrected chi connectivity index (χ1v) is 7.82. The van der Waals surface area contributed by atoms with Gasteiger partial charge in [-0.3, -0.25) is 0 Å². The summed E-state index contributed by atoms with van der Waals surface area (Å²) in [6.07, 6.45) is 2.10. The molecule has 0 bridgehead atoms. The number of thioether (sulfide) groups is 1. The lowest BCUT2D eigenvalue weighted by molar-refractivity contribution is 0.540. The van der Waals surface area contributed by atoms with Crippen molar-refractivity contribution in [3.63, 3.8) is 0 Å². The highest BCUT2D eigenvalue weighted by atomic mass is 32.2. The van der Waals surface area contributed by atoms with Crippen molar-refractivity contribution in [2.75, 3.05) is 6.26 Å². The van der Waals surface area contributed by atoms with Gasteiger partial charge in [-0.05, 0) is 18.7 Å². The van der Waals surface area contributed by atoms with Gasteiger partial charge in [-0.1, -0.05) is 60.7 Å². The van der Waals surface area contributed by atoms with Gasteiger partial charge in [-0.15, -0.1) is 11.8 Å². The van der Waals surface area contributed by atoms with Crippen molar-refractivity contribution in [3.8, 4) is 22.5 Å². The van der Waals surface area contributed by atoms with Crippen molar-refractivity contribution in [2.24, 2.45) is 0 Å². The number of rotatable bonds is 3. The van der Waals surface area contributed by atoms with Crippen LogP contribution in [-0.4, -0.2) is 6.26 Å². The third-order valence-electron chi connectivity index (χ3n) is 3.33. The smallest absolute Gasteiger partial charge is 0.143 e. The molecule has 0 N–H and O–H groups in total. The van der Waals surface area contributed by atoms with E-state index in [1.54, 1.807) is 11.8 Å². The van der Waals surface area contributed by atoms with Crippen LogP contribution in [-0.2, 0) is 0 Å². The monoisotopic (exact) mass is 280 g/mol. The van der Waals surface area contributed by atoms with Crippen LogP contribution in [0.5, 0.6) is 0 Å². The highest BCUT2D eigenvalue weighted by molar-refractivity contribution is 7.98. The summed E-state index contributed by atoms with van der Waals surface area (Å²) in [4.78, 5) is 1.22. The first kappa shape index (κ1) is 13.1. The summed E-state index contributed by atoms with van der Waals surface area (Å²) in [6.45, 7) is 2.03. The van der Waals surface area contributed by atoms with Crippen molar-refractivity contribution in [2.45, 2.75) is 11.8 Å².